The van der Waals surface area contributed by atoms with Crippen LogP contribution in [-0.4, -0.2) is 47.1 Å². The van der Waals surface area contributed by atoms with Crippen molar-refractivity contribution in [2.45, 2.75) is 58.2 Å². The van der Waals surface area contributed by atoms with Crippen LogP contribution in [0, 0.1) is 5.92 Å². The van der Waals surface area contributed by atoms with Gasteiger partial charge in [0.15, 0.2) is 11.1 Å². The molecule has 0 amide bonds. The van der Waals surface area contributed by atoms with Gasteiger partial charge < -0.3 is 15.2 Å². The Morgan fingerprint density at radius 1 is 1.21 bits per heavy atom. The average Bonchev–Trinajstić information content (AvgIpc) is 2.91. The van der Waals surface area contributed by atoms with E-state index in [9.17, 15) is 0 Å². The number of halogens is 1. The van der Waals surface area contributed by atoms with E-state index in [4.69, 9.17) is 0 Å². The SMILES string of the molecule is CCCCNC(=NC)NCCCc1nnc(SC)n1CC(C)C.I. The summed E-state index contributed by atoms with van der Waals surface area (Å²) in [5.41, 5.74) is 0. The molecule has 0 fully saturated rings. The lowest BCUT2D eigenvalue weighted by molar-refractivity contribution is 0.477. The molecule has 0 aliphatic carbocycles. The van der Waals surface area contributed by atoms with E-state index in [1.165, 1.54) is 6.42 Å². The molecular weight excluding hydrogens is 435 g/mol. The van der Waals surface area contributed by atoms with E-state index < -0.39 is 0 Å². The molecule has 6 nitrogen and oxygen atoms in total. The Hall–Kier alpha value is -0.510. The lowest BCUT2D eigenvalue weighted by Gasteiger charge is -2.13. The molecule has 24 heavy (non-hydrogen) atoms. The maximum atomic E-state index is 4.36. The van der Waals surface area contributed by atoms with Crippen molar-refractivity contribution in [3.63, 3.8) is 0 Å². The summed E-state index contributed by atoms with van der Waals surface area (Å²) >= 11 is 1.66. The molecule has 0 aliphatic rings. The smallest absolute Gasteiger partial charge is 0.190 e. The number of unbranched alkanes of at least 4 members (excludes halogenated alkanes) is 1. The van der Waals surface area contributed by atoms with E-state index in [1.807, 2.05) is 7.05 Å². The zero-order chi connectivity index (χ0) is 17.1. The Balaban J connectivity index is 0.00000529. The number of guanidine groups is 1. The maximum absolute atomic E-state index is 4.36. The topological polar surface area (TPSA) is 67.1 Å². The first kappa shape index (κ1) is 23.5. The maximum Gasteiger partial charge on any atom is 0.190 e. The molecule has 1 aromatic heterocycles. The predicted octanol–water partition coefficient (Wildman–Crippen LogP) is 3.17. The molecule has 0 saturated heterocycles. The molecule has 0 saturated carbocycles. The molecule has 1 aromatic rings. The first-order valence-corrected chi connectivity index (χ1v) is 9.75. The molecule has 0 aliphatic heterocycles. The standard InChI is InChI=1S/C16H32N6S.HI/c1-6-7-10-18-15(17-4)19-11-8-9-14-20-21-16(23-5)22(14)12-13(2)3;/h13H,6-12H2,1-5H3,(H2,17,18,19);1H. The summed E-state index contributed by atoms with van der Waals surface area (Å²) < 4.78 is 2.25. The number of aromatic nitrogens is 3. The Bertz CT molecular complexity index is 475. The summed E-state index contributed by atoms with van der Waals surface area (Å²) in [6, 6.07) is 0. The fourth-order valence-corrected chi connectivity index (χ4v) is 2.78. The minimum absolute atomic E-state index is 0. The van der Waals surface area contributed by atoms with Crippen LogP contribution in [-0.2, 0) is 13.0 Å². The third kappa shape index (κ3) is 8.55. The Kier molecular flexibility index (Phi) is 13.5. The second kappa shape index (κ2) is 13.7. The van der Waals surface area contributed by atoms with Gasteiger partial charge in [-0.3, -0.25) is 4.99 Å². The van der Waals surface area contributed by atoms with Gasteiger partial charge in [-0.2, -0.15) is 0 Å². The second-order valence-corrected chi connectivity index (χ2v) is 6.76. The molecule has 140 valence electrons. The summed E-state index contributed by atoms with van der Waals surface area (Å²) in [5, 5.41) is 16.3. The molecule has 2 N–H and O–H groups in total. The third-order valence-electron chi connectivity index (χ3n) is 3.44. The lowest BCUT2D eigenvalue weighted by atomic mass is 10.2. The fourth-order valence-electron chi connectivity index (χ4n) is 2.26. The van der Waals surface area contributed by atoms with Gasteiger partial charge in [-0.1, -0.05) is 39.0 Å². The monoisotopic (exact) mass is 468 g/mol. The normalized spacial score (nSPS) is 11.5. The number of aliphatic imine (C=N–C) groups is 1. The Morgan fingerprint density at radius 2 is 1.88 bits per heavy atom. The van der Waals surface area contributed by atoms with E-state index in [0.29, 0.717) is 5.92 Å². The van der Waals surface area contributed by atoms with Crippen molar-refractivity contribution >= 4 is 41.7 Å². The van der Waals surface area contributed by atoms with Crippen LogP contribution in [0.1, 0.15) is 45.9 Å². The van der Waals surface area contributed by atoms with Crippen LogP contribution in [0.15, 0.2) is 10.1 Å². The van der Waals surface area contributed by atoms with Crippen LogP contribution in [0.25, 0.3) is 0 Å². The summed E-state index contributed by atoms with van der Waals surface area (Å²) in [4.78, 5) is 4.24. The number of hydrogen-bond acceptors (Lipinski definition) is 4. The van der Waals surface area contributed by atoms with Gasteiger partial charge in [0.1, 0.15) is 5.82 Å². The summed E-state index contributed by atoms with van der Waals surface area (Å²) in [7, 11) is 1.81. The molecule has 0 unspecified atom stereocenters. The molecule has 1 heterocycles. The van der Waals surface area contributed by atoms with Crippen molar-refractivity contribution in [1.82, 2.24) is 25.4 Å². The van der Waals surface area contributed by atoms with E-state index in [1.54, 1.807) is 11.8 Å². The zero-order valence-electron chi connectivity index (χ0n) is 15.6. The minimum Gasteiger partial charge on any atom is -0.356 e. The van der Waals surface area contributed by atoms with Crippen LogP contribution < -0.4 is 10.6 Å². The van der Waals surface area contributed by atoms with Gasteiger partial charge in [-0.25, -0.2) is 0 Å². The molecule has 0 bridgehead atoms. The third-order valence-corrected chi connectivity index (χ3v) is 4.11. The van der Waals surface area contributed by atoms with Crippen LogP contribution in [0.4, 0.5) is 0 Å². The van der Waals surface area contributed by atoms with Crippen molar-refractivity contribution in [1.29, 1.82) is 0 Å². The van der Waals surface area contributed by atoms with Gasteiger partial charge >= 0.3 is 0 Å². The van der Waals surface area contributed by atoms with Gasteiger partial charge in [0.05, 0.1) is 0 Å². The lowest BCUT2D eigenvalue weighted by Crippen LogP contribution is -2.38. The van der Waals surface area contributed by atoms with Gasteiger partial charge in [0, 0.05) is 33.1 Å². The van der Waals surface area contributed by atoms with Gasteiger partial charge in [-0.15, -0.1) is 34.2 Å². The molecular formula is C16H33IN6S. The Labute approximate surface area is 168 Å². The summed E-state index contributed by atoms with van der Waals surface area (Å²) in [5.74, 6) is 2.56. The van der Waals surface area contributed by atoms with Crippen molar-refractivity contribution in [2.75, 3.05) is 26.4 Å². The van der Waals surface area contributed by atoms with E-state index >= 15 is 0 Å². The fraction of sp³-hybridized carbons (Fsp3) is 0.812. The van der Waals surface area contributed by atoms with Crippen LogP contribution in [0.5, 0.6) is 0 Å². The van der Waals surface area contributed by atoms with Crippen molar-refractivity contribution in [3.05, 3.63) is 5.82 Å². The highest BCUT2D eigenvalue weighted by atomic mass is 127. The van der Waals surface area contributed by atoms with Gasteiger partial charge in [0.25, 0.3) is 0 Å². The number of thioether (sulfide) groups is 1. The minimum atomic E-state index is 0. The largest absolute Gasteiger partial charge is 0.356 e. The Morgan fingerprint density at radius 3 is 2.42 bits per heavy atom. The summed E-state index contributed by atoms with van der Waals surface area (Å²) in [6.07, 6.45) is 6.35. The molecule has 0 spiro atoms. The van der Waals surface area contributed by atoms with Crippen LogP contribution >= 0.6 is 35.7 Å². The first-order valence-electron chi connectivity index (χ1n) is 8.52. The highest BCUT2D eigenvalue weighted by Gasteiger charge is 2.12. The number of hydrogen-bond donors (Lipinski definition) is 2. The molecule has 0 atom stereocenters. The van der Waals surface area contributed by atoms with Crippen LogP contribution in [0.2, 0.25) is 0 Å². The van der Waals surface area contributed by atoms with Crippen molar-refractivity contribution in [2.24, 2.45) is 10.9 Å². The average molecular weight is 468 g/mol. The van der Waals surface area contributed by atoms with Gasteiger partial charge in [0.2, 0.25) is 0 Å². The summed E-state index contributed by atoms with van der Waals surface area (Å²) in [6.45, 7) is 9.47. The predicted molar refractivity (Wildman–Crippen MR) is 115 cm³/mol. The highest BCUT2D eigenvalue weighted by molar-refractivity contribution is 14.0. The van der Waals surface area contributed by atoms with Crippen molar-refractivity contribution in [3.8, 4) is 0 Å². The molecule has 1 rings (SSSR count). The first-order chi connectivity index (χ1) is 11.1. The highest BCUT2D eigenvalue weighted by Crippen LogP contribution is 2.16. The van der Waals surface area contributed by atoms with E-state index in [-0.39, 0.29) is 24.0 Å². The van der Waals surface area contributed by atoms with E-state index in [0.717, 1.165) is 55.8 Å². The zero-order valence-corrected chi connectivity index (χ0v) is 18.8. The van der Waals surface area contributed by atoms with Crippen LogP contribution in [0.3, 0.4) is 0 Å². The number of nitrogens with zero attached hydrogens (tertiary/aromatic N) is 4. The number of aryl methyl sites for hydroxylation is 1. The quantitative estimate of drug-likeness (QED) is 0.182. The van der Waals surface area contributed by atoms with Crippen molar-refractivity contribution < 1.29 is 0 Å². The number of rotatable bonds is 10. The molecule has 0 radical (unpaired) electrons. The van der Waals surface area contributed by atoms with E-state index in [2.05, 4.69) is 57.4 Å². The number of nitrogens with one attached hydrogen (secondary N) is 2. The second-order valence-electron chi connectivity index (χ2n) is 5.99. The molecule has 0 aromatic carbocycles. The molecule has 8 heteroatoms. The van der Waals surface area contributed by atoms with Gasteiger partial charge in [-0.05, 0) is 25.0 Å².